The van der Waals surface area contributed by atoms with Crippen LogP contribution in [-0.2, 0) is 14.8 Å². The summed E-state index contributed by atoms with van der Waals surface area (Å²) in [5, 5.41) is 10.5. The maximum atomic E-state index is 11.9. The van der Waals surface area contributed by atoms with Crippen molar-refractivity contribution >= 4 is 33.2 Å². The minimum absolute atomic E-state index is 0.00168. The topological polar surface area (TPSA) is 132 Å². The quantitative estimate of drug-likeness (QED) is 0.435. The van der Waals surface area contributed by atoms with Crippen LogP contribution < -0.4 is 10.5 Å². The molecule has 0 aliphatic carbocycles. The van der Waals surface area contributed by atoms with E-state index >= 15 is 0 Å². The summed E-state index contributed by atoms with van der Waals surface area (Å²) in [5.74, 6) is -0.536. The van der Waals surface area contributed by atoms with Crippen LogP contribution in [0.2, 0.25) is 5.02 Å². The van der Waals surface area contributed by atoms with Crippen LogP contribution in [0.5, 0.6) is 0 Å². The van der Waals surface area contributed by atoms with Crippen molar-refractivity contribution in [2.24, 2.45) is 5.73 Å². The lowest BCUT2D eigenvalue weighted by atomic mass is 10.3. The van der Waals surface area contributed by atoms with Gasteiger partial charge in [0.1, 0.15) is 5.02 Å². The van der Waals surface area contributed by atoms with Crippen molar-refractivity contribution in [1.29, 1.82) is 0 Å². The van der Waals surface area contributed by atoms with Crippen LogP contribution in [0.1, 0.15) is 12.8 Å². The van der Waals surface area contributed by atoms with Gasteiger partial charge in [-0.3, -0.25) is 14.9 Å². The van der Waals surface area contributed by atoms with Crippen LogP contribution in [0.3, 0.4) is 0 Å². The number of nitrogens with zero attached hydrogens (tertiary/aromatic N) is 1. The summed E-state index contributed by atoms with van der Waals surface area (Å²) in [4.78, 5) is 20.2. The van der Waals surface area contributed by atoms with Gasteiger partial charge in [0.2, 0.25) is 15.9 Å². The van der Waals surface area contributed by atoms with Gasteiger partial charge in [0.05, 0.1) is 9.82 Å². The van der Waals surface area contributed by atoms with Gasteiger partial charge in [0.25, 0.3) is 5.69 Å². The second kappa shape index (κ2) is 6.64. The molecule has 0 bridgehead atoms. The van der Waals surface area contributed by atoms with Gasteiger partial charge < -0.3 is 5.73 Å². The molecule has 0 fully saturated rings. The zero-order chi connectivity index (χ0) is 15.3. The Labute approximate surface area is 120 Å². The van der Waals surface area contributed by atoms with E-state index in [9.17, 15) is 23.3 Å². The van der Waals surface area contributed by atoms with Crippen LogP contribution in [0.4, 0.5) is 5.69 Å². The third-order valence-electron chi connectivity index (χ3n) is 2.32. The van der Waals surface area contributed by atoms with Crippen molar-refractivity contribution < 1.29 is 18.1 Å². The Morgan fingerprint density at radius 1 is 1.45 bits per heavy atom. The first-order valence-electron chi connectivity index (χ1n) is 5.46. The van der Waals surface area contributed by atoms with Gasteiger partial charge in [0.15, 0.2) is 0 Å². The Morgan fingerprint density at radius 3 is 2.65 bits per heavy atom. The van der Waals surface area contributed by atoms with Gasteiger partial charge >= 0.3 is 0 Å². The molecular formula is C10H12ClN3O5S. The highest BCUT2D eigenvalue weighted by Gasteiger charge is 2.20. The highest BCUT2D eigenvalue weighted by molar-refractivity contribution is 7.89. The number of hydrogen-bond donors (Lipinski definition) is 2. The van der Waals surface area contributed by atoms with E-state index in [0.29, 0.717) is 0 Å². The highest BCUT2D eigenvalue weighted by Crippen LogP contribution is 2.26. The van der Waals surface area contributed by atoms with Crippen LogP contribution >= 0.6 is 11.6 Å². The number of hydrogen-bond acceptors (Lipinski definition) is 5. The zero-order valence-corrected chi connectivity index (χ0v) is 11.8. The van der Waals surface area contributed by atoms with E-state index in [1.54, 1.807) is 0 Å². The minimum atomic E-state index is -3.90. The maximum absolute atomic E-state index is 11.9. The molecular weight excluding hydrogens is 310 g/mol. The van der Waals surface area contributed by atoms with E-state index < -0.39 is 26.5 Å². The number of carbonyl (C=O) groups is 1. The minimum Gasteiger partial charge on any atom is -0.370 e. The Hall–Kier alpha value is -1.71. The predicted molar refractivity (Wildman–Crippen MR) is 71.7 cm³/mol. The molecule has 110 valence electrons. The van der Waals surface area contributed by atoms with Gasteiger partial charge in [-0.05, 0) is 18.6 Å². The van der Waals surface area contributed by atoms with Crippen LogP contribution in [0.15, 0.2) is 23.1 Å². The molecule has 0 unspecified atom stereocenters. The number of amides is 1. The number of nitrogens with two attached hydrogens (primary N) is 1. The predicted octanol–water partition coefficient (Wildman–Crippen LogP) is 0.792. The van der Waals surface area contributed by atoms with Gasteiger partial charge in [-0.1, -0.05) is 11.6 Å². The van der Waals surface area contributed by atoms with Crippen LogP contribution in [0.25, 0.3) is 0 Å². The number of nitrogens with one attached hydrogen (secondary N) is 1. The van der Waals surface area contributed by atoms with Crippen molar-refractivity contribution in [2.75, 3.05) is 6.54 Å². The lowest BCUT2D eigenvalue weighted by molar-refractivity contribution is -0.384. The first kappa shape index (κ1) is 16.3. The van der Waals surface area contributed by atoms with Gasteiger partial charge in [-0.25, -0.2) is 13.1 Å². The summed E-state index contributed by atoms with van der Waals surface area (Å²) in [6.07, 6.45) is 0.285. The third kappa shape index (κ3) is 4.44. The first-order valence-corrected chi connectivity index (χ1v) is 7.32. The van der Waals surface area contributed by atoms with Crippen LogP contribution in [0, 0.1) is 10.1 Å². The van der Waals surface area contributed by atoms with Crippen LogP contribution in [-0.4, -0.2) is 25.8 Å². The zero-order valence-electron chi connectivity index (χ0n) is 10.2. The summed E-state index contributed by atoms with van der Waals surface area (Å²) in [7, 11) is -3.90. The molecule has 0 saturated heterocycles. The van der Waals surface area contributed by atoms with E-state index in [4.69, 9.17) is 17.3 Å². The second-order valence-corrected chi connectivity index (χ2v) is 6.01. The van der Waals surface area contributed by atoms with E-state index in [-0.39, 0.29) is 29.3 Å². The Balaban J connectivity index is 2.85. The fourth-order valence-corrected chi connectivity index (χ4v) is 2.63. The van der Waals surface area contributed by atoms with E-state index in [1.807, 2.05) is 0 Å². The standard InChI is InChI=1S/C10H12ClN3O5S/c11-8-4-3-7(6-9(8)14(16)17)20(18,19)13-5-1-2-10(12)15/h3-4,6,13H,1-2,5H2,(H2,12,15). The Morgan fingerprint density at radius 2 is 2.10 bits per heavy atom. The van der Waals surface area contributed by atoms with Crippen molar-refractivity contribution in [3.63, 3.8) is 0 Å². The fraction of sp³-hybridized carbons (Fsp3) is 0.300. The summed E-state index contributed by atoms with van der Waals surface area (Å²) in [6, 6.07) is 3.17. The molecule has 0 heterocycles. The largest absolute Gasteiger partial charge is 0.370 e. The van der Waals surface area contributed by atoms with E-state index in [1.165, 1.54) is 0 Å². The van der Waals surface area contributed by atoms with Crippen molar-refractivity contribution in [3.8, 4) is 0 Å². The molecule has 10 heteroatoms. The number of rotatable bonds is 7. The molecule has 0 saturated carbocycles. The summed E-state index contributed by atoms with van der Waals surface area (Å²) in [5.41, 5.74) is 4.42. The number of halogens is 1. The molecule has 0 aliphatic rings. The van der Waals surface area contributed by atoms with Crippen molar-refractivity contribution in [2.45, 2.75) is 17.7 Å². The van der Waals surface area contributed by atoms with Crippen molar-refractivity contribution in [1.82, 2.24) is 4.72 Å². The molecule has 1 rings (SSSR count). The lowest BCUT2D eigenvalue weighted by Gasteiger charge is -2.06. The molecule has 1 aromatic carbocycles. The average molecular weight is 322 g/mol. The van der Waals surface area contributed by atoms with E-state index in [0.717, 1.165) is 18.2 Å². The molecule has 0 atom stereocenters. The molecule has 20 heavy (non-hydrogen) atoms. The molecule has 0 aliphatic heterocycles. The normalized spacial score (nSPS) is 11.2. The maximum Gasteiger partial charge on any atom is 0.289 e. The number of nitro benzene ring substituents is 1. The molecule has 8 nitrogen and oxygen atoms in total. The highest BCUT2D eigenvalue weighted by atomic mass is 35.5. The molecule has 1 amide bonds. The molecule has 0 spiro atoms. The number of primary amides is 1. The van der Waals surface area contributed by atoms with Gasteiger partial charge in [-0.15, -0.1) is 0 Å². The van der Waals surface area contributed by atoms with Gasteiger partial charge in [0, 0.05) is 19.0 Å². The van der Waals surface area contributed by atoms with Gasteiger partial charge in [-0.2, -0.15) is 0 Å². The molecule has 3 N–H and O–H groups in total. The van der Waals surface area contributed by atoms with Crippen molar-refractivity contribution in [3.05, 3.63) is 33.3 Å². The average Bonchev–Trinajstić information content (AvgIpc) is 2.34. The third-order valence-corrected chi connectivity index (χ3v) is 4.09. The molecule has 0 radical (unpaired) electrons. The number of sulfonamides is 1. The van der Waals surface area contributed by atoms with E-state index in [2.05, 4.69) is 4.72 Å². The summed E-state index contributed by atoms with van der Waals surface area (Å²) in [6.45, 7) is 0.00168. The first-order chi connectivity index (χ1) is 9.24. The summed E-state index contributed by atoms with van der Waals surface area (Å²) < 4.78 is 26.0. The lowest BCUT2D eigenvalue weighted by Crippen LogP contribution is -2.26. The number of benzene rings is 1. The smallest absolute Gasteiger partial charge is 0.289 e. The molecule has 1 aromatic rings. The second-order valence-electron chi connectivity index (χ2n) is 3.84. The SMILES string of the molecule is NC(=O)CCCNS(=O)(=O)c1ccc(Cl)c([N+](=O)[O-])c1. The number of nitro groups is 1. The monoisotopic (exact) mass is 321 g/mol. The Kier molecular flexibility index (Phi) is 5.43. The fourth-order valence-electron chi connectivity index (χ4n) is 1.35. The molecule has 0 aromatic heterocycles. The summed E-state index contributed by atoms with van der Waals surface area (Å²) >= 11 is 5.59. The number of carbonyl (C=O) groups excluding carboxylic acids is 1. The Bertz CT molecular complexity index is 632.